The van der Waals surface area contributed by atoms with E-state index in [-0.39, 0.29) is 5.92 Å². The van der Waals surface area contributed by atoms with Gasteiger partial charge in [0, 0.05) is 24.1 Å². The SMILES string of the molecule is CC(C)N(C)CC1Cc2ccccc2C1=O. The Labute approximate surface area is 97.3 Å². The van der Waals surface area contributed by atoms with Gasteiger partial charge in [0.25, 0.3) is 0 Å². The van der Waals surface area contributed by atoms with Crippen LogP contribution in [-0.2, 0) is 6.42 Å². The fourth-order valence-electron chi connectivity index (χ4n) is 2.22. The summed E-state index contributed by atoms with van der Waals surface area (Å²) in [6.07, 6.45) is 0.909. The number of carbonyl (C=O) groups excluding carboxylic acids is 1. The van der Waals surface area contributed by atoms with E-state index in [1.165, 1.54) is 5.56 Å². The summed E-state index contributed by atoms with van der Waals surface area (Å²) in [5.41, 5.74) is 2.15. The Morgan fingerprint density at radius 3 is 2.69 bits per heavy atom. The van der Waals surface area contributed by atoms with E-state index < -0.39 is 0 Å². The quantitative estimate of drug-likeness (QED) is 0.774. The molecule has 1 atom stereocenters. The van der Waals surface area contributed by atoms with E-state index in [0.29, 0.717) is 11.8 Å². The maximum absolute atomic E-state index is 12.1. The normalized spacial score (nSPS) is 19.6. The van der Waals surface area contributed by atoms with Gasteiger partial charge in [0.1, 0.15) is 0 Å². The number of benzene rings is 1. The van der Waals surface area contributed by atoms with Crippen molar-refractivity contribution in [3.8, 4) is 0 Å². The molecule has 86 valence electrons. The van der Waals surface area contributed by atoms with E-state index in [1.54, 1.807) is 0 Å². The summed E-state index contributed by atoms with van der Waals surface area (Å²) in [5, 5.41) is 0. The predicted molar refractivity (Wildman–Crippen MR) is 65.7 cm³/mol. The Bertz CT molecular complexity index is 397. The lowest BCUT2D eigenvalue weighted by molar-refractivity contribution is 0.0899. The van der Waals surface area contributed by atoms with Gasteiger partial charge in [-0.3, -0.25) is 4.79 Å². The van der Waals surface area contributed by atoms with Gasteiger partial charge in [0.05, 0.1) is 0 Å². The zero-order valence-corrected chi connectivity index (χ0v) is 10.2. The van der Waals surface area contributed by atoms with Crippen LogP contribution in [-0.4, -0.2) is 30.3 Å². The predicted octanol–water partition coefficient (Wildman–Crippen LogP) is 2.38. The van der Waals surface area contributed by atoms with Crippen molar-refractivity contribution in [1.29, 1.82) is 0 Å². The zero-order chi connectivity index (χ0) is 11.7. The van der Waals surface area contributed by atoms with E-state index >= 15 is 0 Å². The number of carbonyl (C=O) groups is 1. The second-order valence-electron chi connectivity index (χ2n) is 4.96. The van der Waals surface area contributed by atoms with Crippen molar-refractivity contribution < 1.29 is 4.79 Å². The zero-order valence-electron chi connectivity index (χ0n) is 10.2. The molecular weight excluding hydrogens is 198 g/mol. The van der Waals surface area contributed by atoms with Crippen LogP contribution < -0.4 is 0 Å². The molecular formula is C14H19NO. The molecule has 0 aliphatic heterocycles. The third kappa shape index (κ3) is 2.03. The van der Waals surface area contributed by atoms with E-state index in [2.05, 4.69) is 31.9 Å². The molecule has 0 saturated carbocycles. The molecule has 1 aliphatic rings. The third-order valence-electron chi connectivity index (χ3n) is 3.51. The minimum Gasteiger partial charge on any atom is -0.303 e. The number of Topliss-reactive ketones (excluding diaryl/α,β-unsaturated/α-hetero) is 1. The molecule has 1 unspecified atom stereocenters. The highest BCUT2D eigenvalue weighted by Gasteiger charge is 2.30. The van der Waals surface area contributed by atoms with E-state index in [9.17, 15) is 4.79 Å². The minimum absolute atomic E-state index is 0.157. The highest BCUT2D eigenvalue weighted by atomic mass is 16.1. The van der Waals surface area contributed by atoms with Gasteiger partial charge in [-0.25, -0.2) is 0 Å². The van der Waals surface area contributed by atoms with Crippen LogP contribution in [0.2, 0.25) is 0 Å². The Balaban J connectivity index is 2.10. The maximum Gasteiger partial charge on any atom is 0.167 e. The summed E-state index contributed by atoms with van der Waals surface area (Å²) < 4.78 is 0. The fraction of sp³-hybridized carbons (Fsp3) is 0.500. The summed E-state index contributed by atoms with van der Waals surface area (Å²) in [5.74, 6) is 0.480. The van der Waals surface area contributed by atoms with Gasteiger partial charge in [-0.05, 0) is 32.9 Å². The first-order valence-corrected chi connectivity index (χ1v) is 5.92. The Kier molecular flexibility index (Phi) is 3.10. The Morgan fingerprint density at radius 1 is 1.38 bits per heavy atom. The van der Waals surface area contributed by atoms with Crippen LogP contribution in [0, 0.1) is 5.92 Å². The van der Waals surface area contributed by atoms with Crippen molar-refractivity contribution in [2.24, 2.45) is 5.92 Å². The molecule has 0 saturated heterocycles. The molecule has 2 rings (SSSR count). The molecule has 0 fully saturated rings. The first kappa shape index (κ1) is 11.3. The Hall–Kier alpha value is -1.15. The van der Waals surface area contributed by atoms with Crippen molar-refractivity contribution in [1.82, 2.24) is 4.90 Å². The number of hydrogen-bond donors (Lipinski definition) is 0. The molecule has 1 aliphatic carbocycles. The van der Waals surface area contributed by atoms with Crippen LogP contribution in [0.15, 0.2) is 24.3 Å². The molecule has 1 aromatic rings. The number of rotatable bonds is 3. The number of fused-ring (bicyclic) bond motifs is 1. The topological polar surface area (TPSA) is 20.3 Å². The van der Waals surface area contributed by atoms with Crippen molar-refractivity contribution in [3.05, 3.63) is 35.4 Å². The third-order valence-corrected chi connectivity index (χ3v) is 3.51. The number of ketones is 1. The second-order valence-corrected chi connectivity index (χ2v) is 4.96. The molecule has 0 amide bonds. The molecule has 0 radical (unpaired) electrons. The van der Waals surface area contributed by atoms with Gasteiger partial charge >= 0.3 is 0 Å². The Morgan fingerprint density at radius 2 is 2.06 bits per heavy atom. The molecule has 2 heteroatoms. The highest BCUT2D eigenvalue weighted by molar-refractivity contribution is 6.02. The summed E-state index contributed by atoms with van der Waals surface area (Å²) in [6.45, 7) is 5.18. The molecule has 0 heterocycles. The van der Waals surface area contributed by atoms with Crippen LogP contribution in [0.5, 0.6) is 0 Å². The molecule has 0 bridgehead atoms. The lowest BCUT2D eigenvalue weighted by Crippen LogP contribution is -2.33. The summed E-state index contributed by atoms with van der Waals surface area (Å²) >= 11 is 0. The average Bonchev–Trinajstić information content (AvgIpc) is 2.56. The lowest BCUT2D eigenvalue weighted by Gasteiger charge is -2.23. The summed E-state index contributed by atoms with van der Waals surface area (Å²) in [4.78, 5) is 14.4. The largest absolute Gasteiger partial charge is 0.303 e. The fourth-order valence-corrected chi connectivity index (χ4v) is 2.22. The van der Waals surface area contributed by atoms with Gasteiger partial charge in [-0.1, -0.05) is 24.3 Å². The van der Waals surface area contributed by atoms with Crippen molar-refractivity contribution in [3.63, 3.8) is 0 Å². The van der Waals surface area contributed by atoms with E-state index in [1.807, 2.05) is 18.2 Å². The van der Waals surface area contributed by atoms with Gasteiger partial charge in [-0.15, -0.1) is 0 Å². The average molecular weight is 217 g/mol. The molecule has 16 heavy (non-hydrogen) atoms. The van der Waals surface area contributed by atoms with Crippen molar-refractivity contribution in [2.45, 2.75) is 26.3 Å². The number of nitrogens with zero attached hydrogens (tertiary/aromatic N) is 1. The monoisotopic (exact) mass is 217 g/mol. The maximum atomic E-state index is 12.1. The molecule has 0 spiro atoms. The highest BCUT2D eigenvalue weighted by Crippen LogP contribution is 2.27. The second kappa shape index (κ2) is 4.38. The smallest absolute Gasteiger partial charge is 0.167 e. The van der Waals surface area contributed by atoms with Crippen LogP contribution in [0.25, 0.3) is 0 Å². The first-order valence-electron chi connectivity index (χ1n) is 5.92. The van der Waals surface area contributed by atoms with Gasteiger partial charge in [0.15, 0.2) is 5.78 Å². The van der Waals surface area contributed by atoms with Gasteiger partial charge in [-0.2, -0.15) is 0 Å². The van der Waals surface area contributed by atoms with E-state index in [4.69, 9.17) is 0 Å². The van der Waals surface area contributed by atoms with Gasteiger partial charge in [0.2, 0.25) is 0 Å². The summed E-state index contributed by atoms with van der Waals surface area (Å²) in [7, 11) is 2.08. The standard InChI is InChI=1S/C14H19NO/c1-10(2)15(3)9-12-8-11-6-4-5-7-13(11)14(12)16/h4-7,10,12H,8-9H2,1-3H3. The lowest BCUT2D eigenvalue weighted by atomic mass is 10.0. The van der Waals surface area contributed by atoms with Crippen molar-refractivity contribution in [2.75, 3.05) is 13.6 Å². The molecule has 1 aromatic carbocycles. The molecule has 0 aromatic heterocycles. The summed E-state index contributed by atoms with van der Waals surface area (Å²) in [6, 6.07) is 8.48. The number of hydrogen-bond acceptors (Lipinski definition) is 2. The van der Waals surface area contributed by atoms with Crippen LogP contribution >= 0.6 is 0 Å². The molecule has 2 nitrogen and oxygen atoms in total. The minimum atomic E-state index is 0.157. The van der Waals surface area contributed by atoms with Crippen LogP contribution in [0.3, 0.4) is 0 Å². The van der Waals surface area contributed by atoms with Crippen molar-refractivity contribution >= 4 is 5.78 Å². The van der Waals surface area contributed by atoms with Crippen LogP contribution in [0.1, 0.15) is 29.8 Å². The first-order chi connectivity index (χ1) is 7.59. The van der Waals surface area contributed by atoms with Gasteiger partial charge < -0.3 is 4.90 Å². The molecule has 0 N–H and O–H groups in total. The van der Waals surface area contributed by atoms with Crippen LogP contribution in [0.4, 0.5) is 0 Å². The van der Waals surface area contributed by atoms with E-state index in [0.717, 1.165) is 18.5 Å².